The van der Waals surface area contributed by atoms with Gasteiger partial charge in [0.05, 0.1) is 11.4 Å². The minimum Gasteiger partial charge on any atom is -0.479 e. The number of ether oxygens (including phenoxy) is 1. The van der Waals surface area contributed by atoms with Crippen LogP contribution in [0.4, 0.5) is 11.4 Å². The number of carbonyl (C=O) groups is 1. The normalized spacial score (nSPS) is 14.3. The second-order valence-electron chi connectivity index (χ2n) is 5.08. The van der Waals surface area contributed by atoms with Gasteiger partial charge in [0.1, 0.15) is 4.21 Å². The van der Waals surface area contributed by atoms with E-state index in [1.54, 1.807) is 31.3 Å². The molecule has 0 unspecified atom stereocenters. The van der Waals surface area contributed by atoms with Crippen LogP contribution in [0.1, 0.15) is 11.8 Å². The van der Waals surface area contributed by atoms with Crippen molar-refractivity contribution in [3.63, 3.8) is 0 Å². The number of para-hydroxylation sites is 1. The Labute approximate surface area is 138 Å². The standard InChI is InChI=1S/C15H16N2O4S2/c1-3-10-7-8-14(22-10)23(19,20)16-11-5-4-6-12-15(11)21-9-13(18)17(12)2/h4-8,16H,3,9H2,1-2H3. The van der Waals surface area contributed by atoms with Crippen molar-refractivity contribution >= 4 is 38.6 Å². The topological polar surface area (TPSA) is 75.7 Å². The number of likely N-dealkylation sites (N-methyl/N-ethyl adjacent to an activating group) is 1. The number of benzene rings is 1. The molecule has 8 heteroatoms. The van der Waals surface area contributed by atoms with E-state index in [4.69, 9.17) is 4.74 Å². The number of amides is 1. The third kappa shape index (κ3) is 2.91. The van der Waals surface area contributed by atoms with Crippen LogP contribution in [-0.4, -0.2) is 28.0 Å². The molecule has 1 aliphatic heterocycles. The number of fused-ring (bicyclic) bond motifs is 1. The second kappa shape index (κ2) is 5.86. The predicted molar refractivity (Wildman–Crippen MR) is 89.9 cm³/mol. The number of carbonyl (C=O) groups excluding carboxylic acids is 1. The predicted octanol–water partition coefficient (Wildman–Crippen LogP) is 2.47. The number of aryl methyl sites for hydroxylation is 1. The first-order valence-corrected chi connectivity index (χ1v) is 9.36. The molecule has 0 saturated heterocycles. The Balaban J connectivity index is 1.96. The number of thiophene rings is 1. The van der Waals surface area contributed by atoms with Gasteiger partial charge < -0.3 is 9.64 Å². The molecule has 2 aromatic rings. The van der Waals surface area contributed by atoms with Gasteiger partial charge in [-0.15, -0.1) is 11.3 Å². The maximum absolute atomic E-state index is 12.5. The molecule has 0 bridgehead atoms. The summed E-state index contributed by atoms with van der Waals surface area (Å²) in [6.07, 6.45) is 0.789. The van der Waals surface area contributed by atoms with Crippen LogP contribution in [0.25, 0.3) is 0 Å². The van der Waals surface area contributed by atoms with Crippen molar-refractivity contribution in [1.82, 2.24) is 0 Å². The summed E-state index contributed by atoms with van der Waals surface area (Å²) in [5.41, 5.74) is 0.871. The Kier molecular flexibility index (Phi) is 4.03. The van der Waals surface area contributed by atoms with Gasteiger partial charge in [0.15, 0.2) is 12.4 Å². The first kappa shape index (κ1) is 15.8. The van der Waals surface area contributed by atoms with Crippen molar-refractivity contribution in [2.24, 2.45) is 0 Å². The van der Waals surface area contributed by atoms with Crippen molar-refractivity contribution in [3.05, 3.63) is 35.2 Å². The average Bonchev–Trinajstić information content (AvgIpc) is 3.01. The van der Waals surface area contributed by atoms with Crippen molar-refractivity contribution in [1.29, 1.82) is 0 Å². The van der Waals surface area contributed by atoms with Gasteiger partial charge in [0.25, 0.3) is 15.9 Å². The SMILES string of the molecule is CCc1ccc(S(=O)(=O)Nc2cccc3c2OCC(=O)N3C)s1. The lowest BCUT2D eigenvalue weighted by atomic mass is 10.2. The molecule has 1 aromatic heterocycles. The molecule has 23 heavy (non-hydrogen) atoms. The lowest BCUT2D eigenvalue weighted by Gasteiger charge is -2.27. The van der Waals surface area contributed by atoms with Crippen LogP contribution in [0, 0.1) is 0 Å². The quantitative estimate of drug-likeness (QED) is 0.917. The first-order valence-electron chi connectivity index (χ1n) is 7.06. The summed E-state index contributed by atoms with van der Waals surface area (Å²) >= 11 is 1.24. The molecule has 3 rings (SSSR count). The van der Waals surface area contributed by atoms with E-state index in [9.17, 15) is 13.2 Å². The minimum absolute atomic E-state index is 0.110. The fraction of sp³-hybridized carbons (Fsp3) is 0.267. The Bertz CT molecular complexity index is 858. The highest BCUT2D eigenvalue weighted by Gasteiger charge is 2.26. The van der Waals surface area contributed by atoms with Crippen molar-refractivity contribution in [2.45, 2.75) is 17.6 Å². The summed E-state index contributed by atoms with van der Waals surface area (Å²) in [6.45, 7) is 1.87. The van der Waals surface area contributed by atoms with Gasteiger partial charge in [-0.1, -0.05) is 13.0 Å². The molecular weight excluding hydrogens is 336 g/mol. The summed E-state index contributed by atoms with van der Waals surface area (Å²) in [6, 6.07) is 8.42. The molecule has 0 aliphatic carbocycles. The molecule has 0 saturated carbocycles. The van der Waals surface area contributed by atoms with E-state index in [2.05, 4.69) is 4.72 Å². The zero-order chi connectivity index (χ0) is 16.6. The van der Waals surface area contributed by atoms with Crippen LogP contribution < -0.4 is 14.4 Å². The van der Waals surface area contributed by atoms with Crippen molar-refractivity contribution < 1.29 is 17.9 Å². The number of rotatable bonds is 4. The van der Waals surface area contributed by atoms with Crippen LogP contribution in [-0.2, 0) is 21.2 Å². The van der Waals surface area contributed by atoms with E-state index < -0.39 is 10.0 Å². The Morgan fingerprint density at radius 2 is 2.09 bits per heavy atom. The molecule has 0 radical (unpaired) electrons. The summed E-state index contributed by atoms with van der Waals surface area (Å²) in [5, 5.41) is 0. The smallest absolute Gasteiger partial charge is 0.271 e. The monoisotopic (exact) mass is 352 g/mol. The molecule has 1 N–H and O–H groups in total. The molecular formula is C15H16N2O4S2. The summed E-state index contributed by atoms with van der Waals surface area (Å²) < 4.78 is 33.3. The van der Waals surface area contributed by atoms with Crippen LogP contribution in [0.2, 0.25) is 0 Å². The molecule has 0 spiro atoms. The van der Waals surface area contributed by atoms with Gasteiger partial charge in [0, 0.05) is 11.9 Å². The van der Waals surface area contributed by atoms with E-state index in [1.165, 1.54) is 16.2 Å². The maximum Gasteiger partial charge on any atom is 0.271 e. The molecule has 1 aliphatic rings. The van der Waals surface area contributed by atoms with Gasteiger partial charge in [-0.25, -0.2) is 8.42 Å². The number of hydrogen-bond donors (Lipinski definition) is 1. The summed E-state index contributed by atoms with van der Waals surface area (Å²) in [4.78, 5) is 14.1. The molecule has 1 aromatic carbocycles. The van der Waals surface area contributed by atoms with E-state index in [0.29, 0.717) is 17.1 Å². The van der Waals surface area contributed by atoms with Gasteiger partial charge in [-0.05, 0) is 30.7 Å². The average molecular weight is 352 g/mol. The molecule has 1 amide bonds. The highest BCUT2D eigenvalue weighted by molar-refractivity contribution is 7.94. The molecule has 6 nitrogen and oxygen atoms in total. The highest BCUT2D eigenvalue weighted by atomic mass is 32.2. The molecule has 122 valence electrons. The van der Waals surface area contributed by atoms with E-state index in [0.717, 1.165) is 11.3 Å². The summed E-state index contributed by atoms with van der Waals surface area (Å²) in [5.74, 6) is 0.189. The lowest BCUT2D eigenvalue weighted by Crippen LogP contribution is -2.35. The fourth-order valence-electron chi connectivity index (χ4n) is 2.27. The largest absolute Gasteiger partial charge is 0.479 e. The van der Waals surface area contributed by atoms with Crippen LogP contribution in [0.5, 0.6) is 5.75 Å². The van der Waals surface area contributed by atoms with E-state index >= 15 is 0 Å². The number of nitrogens with one attached hydrogen (secondary N) is 1. The molecule has 0 atom stereocenters. The van der Waals surface area contributed by atoms with E-state index in [-0.39, 0.29) is 16.7 Å². The van der Waals surface area contributed by atoms with Gasteiger partial charge in [0.2, 0.25) is 0 Å². The Hall–Kier alpha value is -2.06. The number of sulfonamides is 1. The Morgan fingerprint density at radius 3 is 2.78 bits per heavy atom. The zero-order valence-electron chi connectivity index (χ0n) is 12.7. The van der Waals surface area contributed by atoms with Crippen molar-refractivity contribution in [3.8, 4) is 5.75 Å². The number of nitrogens with zero attached hydrogens (tertiary/aromatic N) is 1. The third-order valence-electron chi connectivity index (χ3n) is 3.56. The van der Waals surface area contributed by atoms with Gasteiger partial charge in [-0.2, -0.15) is 0 Å². The van der Waals surface area contributed by atoms with Crippen LogP contribution in [0.15, 0.2) is 34.5 Å². The fourth-order valence-corrected chi connectivity index (χ4v) is 4.63. The molecule has 0 fully saturated rings. The number of hydrogen-bond acceptors (Lipinski definition) is 5. The first-order chi connectivity index (χ1) is 10.9. The minimum atomic E-state index is -3.68. The van der Waals surface area contributed by atoms with Crippen molar-refractivity contribution in [2.75, 3.05) is 23.3 Å². The zero-order valence-corrected chi connectivity index (χ0v) is 14.3. The maximum atomic E-state index is 12.5. The third-order valence-corrected chi connectivity index (χ3v) is 6.65. The Morgan fingerprint density at radius 1 is 1.30 bits per heavy atom. The second-order valence-corrected chi connectivity index (χ2v) is 8.15. The number of anilines is 2. The summed E-state index contributed by atoms with van der Waals surface area (Å²) in [7, 11) is -2.05. The van der Waals surface area contributed by atoms with Gasteiger partial charge in [-0.3, -0.25) is 9.52 Å². The molecule has 2 heterocycles. The van der Waals surface area contributed by atoms with Crippen LogP contribution >= 0.6 is 11.3 Å². The van der Waals surface area contributed by atoms with E-state index in [1.807, 2.05) is 13.0 Å². The highest BCUT2D eigenvalue weighted by Crippen LogP contribution is 2.39. The lowest BCUT2D eigenvalue weighted by molar-refractivity contribution is -0.120. The van der Waals surface area contributed by atoms with Crippen LogP contribution in [0.3, 0.4) is 0 Å². The van der Waals surface area contributed by atoms with Gasteiger partial charge >= 0.3 is 0 Å².